The van der Waals surface area contributed by atoms with Gasteiger partial charge in [0.1, 0.15) is 12.1 Å². The summed E-state index contributed by atoms with van der Waals surface area (Å²) in [5, 5.41) is 12.2. The van der Waals surface area contributed by atoms with Crippen LogP contribution in [0.4, 0.5) is 18.9 Å². The lowest BCUT2D eigenvalue weighted by Gasteiger charge is -2.23. The smallest absolute Gasteiger partial charge is 0.406 e. The summed E-state index contributed by atoms with van der Waals surface area (Å²) in [6.45, 7) is 6.42. The van der Waals surface area contributed by atoms with E-state index in [9.17, 15) is 13.2 Å². The van der Waals surface area contributed by atoms with Crippen LogP contribution in [0.5, 0.6) is 5.75 Å². The van der Waals surface area contributed by atoms with Crippen molar-refractivity contribution in [2.75, 3.05) is 5.32 Å². The van der Waals surface area contributed by atoms with E-state index < -0.39 is 6.36 Å². The summed E-state index contributed by atoms with van der Waals surface area (Å²) < 4.78 is 42.4. The molecule has 0 atom stereocenters. The predicted molar refractivity (Wildman–Crippen MR) is 146 cm³/mol. The van der Waals surface area contributed by atoms with Gasteiger partial charge < -0.3 is 10.1 Å². The molecule has 0 aliphatic carbocycles. The number of ether oxygens (including phenoxy) is 1. The second-order valence-corrected chi connectivity index (χ2v) is 9.70. The van der Waals surface area contributed by atoms with Gasteiger partial charge in [0, 0.05) is 11.3 Å². The van der Waals surface area contributed by atoms with Gasteiger partial charge in [0.15, 0.2) is 10.9 Å². The van der Waals surface area contributed by atoms with E-state index in [0.29, 0.717) is 16.6 Å². The Bertz CT molecular complexity index is 1420. The molecule has 3 aromatic carbocycles. The molecule has 11 heteroatoms. The van der Waals surface area contributed by atoms with Gasteiger partial charge in [-0.15, -0.1) is 18.3 Å². The molecule has 196 valence electrons. The summed E-state index contributed by atoms with van der Waals surface area (Å²) in [5.74, 6) is 0.157. The number of nitrogens with zero attached hydrogens (tertiary/aromatic N) is 4. The Morgan fingerprint density at radius 3 is 2.32 bits per heavy atom. The Hall–Kier alpha value is -4.25. The standard InChI is InChI=1S/C27H25F3N6OS/c1-26(2,3)22-6-4-5-7-23(22)33-25(38)34-32-16-18-8-10-19(11-9-18)24-31-17-36(35-24)20-12-14-21(15-13-20)37-27(28,29)30/h4-17H,1-3H3,(H2,33,34,38)/b32-16-. The molecule has 7 nitrogen and oxygen atoms in total. The Morgan fingerprint density at radius 2 is 1.66 bits per heavy atom. The van der Waals surface area contributed by atoms with Crippen molar-refractivity contribution in [2.24, 2.45) is 5.10 Å². The van der Waals surface area contributed by atoms with E-state index in [1.54, 1.807) is 6.21 Å². The molecule has 0 bridgehead atoms. The van der Waals surface area contributed by atoms with Crippen molar-refractivity contribution in [2.45, 2.75) is 32.5 Å². The molecule has 4 rings (SSSR count). The lowest BCUT2D eigenvalue weighted by atomic mass is 9.86. The largest absolute Gasteiger partial charge is 0.573 e. The average Bonchev–Trinajstić information content (AvgIpc) is 3.34. The van der Waals surface area contributed by atoms with Crippen LogP contribution in [0, 0.1) is 0 Å². The first-order valence-electron chi connectivity index (χ1n) is 11.6. The molecule has 1 heterocycles. The Labute approximate surface area is 223 Å². The minimum Gasteiger partial charge on any atom is -0.406 e. The fourth-order valence-electron chi connectivity index (χ4n) is 3.60. The lowest BCUT2D eigenvalue weighted by Crippen LogP contribution is -2.26. The van der Waals surface area contributed by atoms with E-state index in [4.69, 9.17) is 12.2 Å². The van der Waals surface area contributed by atoms with Gasteiger partial charge in [-0.1, -0.05) is 63.2 Å². The van der Waals surface area contributed by atoms with E-state index in [2.05, 4.69) is 57.5 Å². The minimum atomic E-state index is -4.74. The van der Waals surface area contributed by atoms with Crippen LogP contribution in [0.15, 0.2) is 84.2 Å². The van der Waals surface area contributed by atoms with Gasteiger partial charge >= 0.3 is 6.36 Å². The molecule has 1 aromatic heterocycles. The van der Waals surface area contributed by atoms with Crippen molar-refractivity contribution in [1.82, 2.24) is 20.2 Å². The number of anilines is 1. The third-order valence-corrected chi connectivity index (χ3v) is 5.55. The maximum absolute atomic E-state index is 12.3. The predicted octanol–water partition coefficient (Wildman–Crippen LogP) is 6.45. The van der Waals surface area contributed by atoms with Gasteiger partial charge in [-0.2, -0.15) is 5.10 Å². The Morgan fingerprint density at radius 1 is 0.974 bits per heavy atom. The summed E-state index contributed by atoms with van der Waals surface area (Å²) in [4.78, 5) is 4.29. The zero-order valence-electron chi connectivity index (χ0n) is 20.8. The second-order valence-electron chi connectivity index (χ2n) is 9.30. The van der Waals surface area contributed by atoms with Crippen molar-refractivity contribution in [3.05, 3.63) is 90.3 Å². The molecule has 0 aliphatic rings. The van der Waals surface area contributed by atoms with Crippen LogP contribution >= 0.6 is 12.2 Å². The maximum Gasteiger partial charge on any atom is 0.573 e. The molecule has 2 N–H and O–H groups in total. The molecule has 0 radical (unpaired) electrons. The summed E-state index contributed by atoms with van der Waals surface area (Å²) in [6.07, 6.45) is -1.61. The topological polar surface area (TPSA) is 76.4 Å². The maximum atomic E-state index is 12.3. The van der Waals surface area contributed by atoms with Gasteiger partial charge in [-0.25, -0.2) is 9.67 Å². The van der Waals surface area contributed by atoms with Crippen LogP contribution in [-0.4, -0.2) is 32.5 Å². The number of para-hydroxylation sites is 1. The van der Waals surface area contributed by atoms with Gasteiger partial charge in [0.05, 0.1) is 11.9 Å². The van der Waals surface area contributed by atoms with Gasteiger partial charge in [-0.05, 0) is 59.1 Å². The van der Waals surface area contributed by atoms with Crippen molar-refractivity contribution in [3.8, 4) is 22.8 Å². The van der Waals surface area contributed by atoms with E-state index in [-0.39, 0.29) is 11.2 Å². The van der Waals surface area contributed by atoms with Crippen LogP contribution in [0.25, 0.3) is 17.1 Å². The van der Waals surface area contributed by atoms with Gasteiger partial charge in [0.25, 0.3) is 0 Å². The fourth-order valence-corrected chi connectivity index (χ4v) is 3.76. The highest BCUT2D eigenvalue weighted by Crippen LogP contribution is 2.29. The zero-order chi connectivity index (χ0) is 27.3. The van der Waals surface area contributed by atoms with Crippen LogP contribution in [0.2, 0.25) is 0 Å². The number of hydrazone groups is 1. The highest BCUT2D eigenvalue weighted by atomic mass is 32.1. The van der Waals surface area contributed by atoms with E-state index >= 15 is 0 Å². The van der Waals surface area contributed by atoms with Crippen molar-refractivity contribution >= 4 is 29.2 Å². The highest BCUT2D eigenvalue weighted by molar-refractivity contribution is 7.80. The van der Waals surface area contributed by atoms with Gasteiger partial charge in [-0.3, -0.25) is 5.43 Å². The van der Waals surface area contributed by atoms with Gasteiger partial charge in [0.2, 0.25) is 0 Å². The van der Waals surface area contributed by atoms with E-state index in [1.165, 1.54) is 35.3 Å². The van der Waals surface area contributed by atoms with E-state index in [0.717, 1.165) is 22.4 Å². The quantitative estimate of drug-likeness (QED) is 0.167. The van der Waals surface area contributed by atoms with Crippen LogP contribution in [0.3, 0.4) is 0 Å². The third-order valence-electron chi connectivity index (χ3n) is 5.36. The second kappa shape index (κ2) is 11.0. The molecule has 38 heavy (non-hydrogen) atoms. The number of nitrogens with one attached hydrogen (secondary N) is 2. The average molecular weight is 539 g/mol. The molecular weight excluding hydrogens is 513 g/mol. The SMILES string of the molecule is CC(C)(C)c1ccccc1NC(=S)N/N=C\c1ccc(-c2ncn(-c3ccc(OC(F)(F)F)cc3)n2)cc1. The first-order chi connectivity index (χ1) is 18.0. The van der Waals surface area contributed by atoms with Crippen molar-refractivity contribution < 1.29 is 17.9 Å². The number of thiocarbonyl (C=S) groups is 1. The van der Waals surface area contributed by atoms with Crippen LogP contribution < -0.4 is 15.5 Å². The van der Waals surface area contributed by atoms with Crippen LogP contribution in [0.1, 0.15) is 31.9 Å². The first kappa shape index (κ1) is 26.8. The minimum absolute atomic E-state index is 0.0366. The number of hydrogen-bond acceptors (Lipinski definition) is 5. The number of halogens is 3. The van der Waals surface area contributed by atoms with Crippen LogP contribution in [-0.2, 0) is 5.41 Å². The Balaban J connectivity index is 1.35. The third kappa shape index (κ3) is 7.16. The van der Waals surface area contributed by atoms with Crippen molar-refractivity contribution in [3.63, 3.8) is 0 Å². The normalized spacial score (nSPS) is 11.9. The fraction of sp³-hybridized carbons (Fsp3) is 0.185. The first-order valence-corrected chi connectivity index (χ1v) is 12.0. The number of benzene rings is 3. The molecule has 0 amide bonds. The molecule has 0 fully saturated rings. The monoisotopic (exact) mass is 538 g/mol. The zero-order valence-corrected chi connectivity index (χ0v) is 21.6. The summed E-state index contributed by atoms with van der Waals surface area (Å²) >= 11 is 5.38. The molecule has 0 spiro atoms. The van der Waals surface area contributed by atoms with Crippen molar-refractivity contribution in [1.29, 1.82) is 0 Å². The highest BCUT2D eigenvalue weighted by Gasteiger charge is 2.31. The molecular formula is C27H25F3N6OS. The Kier molecular flexibility index (Phi) is 7.77. The number of alkyl halides is 3. The molecule has 4 aromatic rings. The number of hydrogen-bond donors (Lipinski definition) is 2. The molecule has 0 aliphatic heterocycles. The summed E-state index contributed by atoms with van der Waals surface area (Å²) in [7, 11) is 0. The lowest BCUT2D eigenvalue weighted by molar-refractivity contribution is -0.274. The van der Waals surface area contributed by atoms with E-state index in [1.807, 2.05) is 42.5 Å². The summed E-state index contributed by atoms with van der Waals surface area (Å²) in [6, 6.07) is 20.8. The summed E-state index contributed by atoms with van der Waals surface area (Å²) in [5.41, 5.74) is 7.01. The number of aromatic nitrogens is 3. The number of rotatable bonds is 6. The molecule has 0 saturated carbocycles. The molecule has 0 unspecified atom stereocenters. The molecule has 0 saturated heterocycles.